The molecule has 7 heteroatoms. The molecule has 1 N–H and O–H groups in total. The molecule has 20 heavy (non-hydrogen) atoms. The van der Waals surface area contributed by atoms with Gasteiger partial charge in [-0.05, 0) is 18.3 Å². The number of hydrogen-bond donors (Lipinski definition) is 1. The number of rotatable bonds is 4. The van der Waals surface area contributed by atoms with E-state index in [0.29, 0.717) is 25.5 Å². The van der Waals surface area contributed by atoms with Gasteiger partial charge in [0, 0.05) is 18.0 Å². The number of ether oxygens (including phenoxy) is 2. The molecule has 0 spiro atoms. The molecular weight excluding hydrogens is 258 g/mol. The Bertz CT molecular complexity index is 598. The monoisotopic (exact) mass is 275 g/mol. The van der Waals surface area contributed by atoms with Gasteiger partial charge in [0.25, 0.3) is 0 Å². The summed E-state index contributed by atoms with van der Waals surface area (Å²) in [7, 11) is 3.66. The number of benzene rings is 1. The average Bonchev–Trinajstić information content (AvgIpc) is 2.89. The van der Waals surface area contributed by atoms with Crippen molar-refractivity contribution in [2.24, 2.45) is 7.05 Å². The van der Waals surface area contributed by atoms with Crippen LogP contribution >= 0.6 is 0 Å². The third-order valence-electron chi connectivity index (χ3n) is 3.26. The lowest BCUT2D eigenvalue weighted by Gasteiger charge is -2.24. The third kappa shape index (κ3) is 2.44. The number of aromatic nitrogens is 4. The lowest BCUT2D eigenvalue weighted by atomic mass is 10.0. The summed E-state index contributed by atoms with van der Waals surface area (Å²) in [4.78, 5) is 1.46. The van der Waals surface area contributed by atoms with Gasteiger partial charge in [0.2, 0.25) is 0 Å². The van der Waals surface area contributed by atoms with Crippen LogP contribution in [0.25, 0.3) is 0 Å². The molecule has 0 saturated heterocycles. The van der Waals surface area contributed by atoms with Crippen LogP contribution in [0.4, 0.5) is 0 Å². The molecule has 0 radical (unpaired) electrons. The van der Waals surface area contributed by atoms with Gasteiger partial charge in [-0.25, -0.2) is 0 Å². The fourth-order valence-electron chi connectivity index (χ4n) is 2.33. The van der Waals surface area contributed by atoms with Crippen LogP contribution in [0.1, 0.15) is 17.4 Å². The van der Waals surface area contributed by atoms with E-state index in [2.05, 4.69) is 20.7 Å². The van der Waals surface area contributed by atoms with E-state index in [9.17, 15) is 0 Å². The Hall–Kier alpha value is -2.15. The van der Waals surface area contributed by atoms with Crippen molar-refractivity contribution in [1.29, 1.82) is 0 Å². The Morgan fingerprint density at radius 3 is 2.95 bits per heavy atom. The maximum Gasteiger partial charge on any atom is 0.176 e. The van der Waals surface area contributed by atoms with Gasteiger partial charge in [-0.1, -0.05) is 12.1 Å². The zero-order valence-corrected chi connectivity index (χ0v) is 11.5. The fraction of sp³-hybridized carbons (Fsp3) is 0.462. The minimum atomic E-state index is 0.0517. The summed E-state index contributed by atoms with van der Waals surface area (Å²) in [5, 5.41) is 15.4. The highest BCUT2D eigenvalue weighted by Gasteiger charge is 2.22. The van der Waals surface area contributed by atoms with Gasteiger partial charge in [-0.2, -0.15) is 4.80 Å². The summed E-state index contributed by atoms with van der Waals surface area (Å²) >= 11 is 0. The molecule has 1 unspecified atom stereocenters. The molecule has 7 nitrogen and oxygen atoms in total. The SMILES string of the molecule is CNC(Cc1nnn(C)n1)c1cccc2c1OCCO2. The Morgan fingerprint density at radius 2 is 2.20 bits per heavy atom. The van der Waals surface area contributed by atoms with E-state index < -0.39 is 0 Å². The molecule has 0 amide bonds. The van der Waals surface area contributed by atoms with Gasteiger partial charge < -0.3 is 14.8 Å². The second-order valence-corrected chi connectivity index (χ2v) is 4.61. The number of tetrazole rings is 1. The first kappa shape index (κ1) is 12.9. The highest BCUT2D eigenvalue weighted by molar-refractivity contribution is 5.49. The second kappa shape index (κ2) is 5.46. The Balaban J connectivity index is 1.89. The first-order chi connectivity index (χ1) is 9.78. The Kier molecular flexibility index (Phi) is 3.51. The largest absolute Gasteiger partial charge is 0.486 e. The average molecular weight is 275 g/mol. The zero-order valence-electron chi connectivity index (χ0n) is 11.5. The van der Waals surface area contributed by atoms with Crippen molar-refractivity contribution < 1.29 is 9.47 Å². The Morgan fingerprint density at radius 1 is 1.35 bits per heavy atom. The molecule has 1 aliphatic heterocycles. The normalized spacial score (nSPS) is 15.1. The minimum absolute atomic E-state index is 0.0517. The first-order valence-electron chi connectivity index (χ1n) is 6.56. The van der Waals surface area contributed by atoms with E-state index in [4.69, 9.17) is 9.47 Å². The van der Waals surface area contributed by atoms with Crippen LogP contribution in [0.3, 0.4) is 0 Å². The third-order valence-corrected chi connectivity index (χ3v) is 3.26. The maximum absolute atomic E-state index is 5.75. The van der Waals surface area contributed by atoms with Crippen LogP contribution in [0.5, 0.6) is 11.5 Å². The molecule has 1 atom stereocenters. The molecule has 0 aliphatic carbocycles. The van der Waals surface area contributed by atoms with Gasteiger partial charge in [-0.3, -0.25) is 0 Å². The van der Waals surface area contributed by atoms with Crippen molar-refractivity contribution in [1.82, 2.24) is 25.5 Å². The summed E-state index contributed by atoms with van der Waals surface area (Å²) in [6.45, 7) is 1.16. The lowest BCUT2D eigenvalue weighted by Crippen LogP contribution is -2.23. The van der Waals surface area contributed by atoms with Crippen molar-refractivity contribution in [3.8, 4) is 11.5 Å². The molecule has 3 rings (SSSR count). The fourth-order valence-corrected chi connectivity index (χ4v) is 2.33. The first-order valence-corrected chi connectivity index (χ1v) is 6.56. The van der Waals surface area contributed by atoms with Gasteiger partial charge in [0.05, 0.1) is 7.05 Å². The molecule has 0 fully saturated rings. The molecular formula is C13H17N5O2. The lowest BCUT2D eigenvalue weighted by molar-refractivity contribution is 0.168. The van der Waals surface area contributed by atoms with Crippen molar-refractivity contribution >= 4 is 0 Å². The summed E-state index contributed by atoms with van der Waals surface area (Å²) < 4.78 is 11.4. The second-order valence-electron chi connectivity index (χ2n) is 4.61. The van der Waals surface area contributed by atoms with Crippen LogP contribution in [-0.4, -0.2) is 40.5 Å². The van der Waals surface area contributed by atoms with Crippen molar-refractivity contribution in [3.63, 3.8) is 0 Å². The molecule has 1 aromatic carbocycles. The molecule has 1 aliphatic rings. The van der Waals surface area contributed by atoms with Crippen molar-refractivity contribution in [3.05, 3.63) is 29.6 Å². The quantitative estimate of drug-likeness (QED) is 0.875. The standard InChI is InChI=1S/C13H17N5O2/c1-14-10(8-12-15-17-18(2)16-12)9-4-3-5-11-13(9)20-7-6-19-11/h3-5,10,14H,6-8H2,1-2H3. The van der Waals surface area contributed by atoms with E-state index >= 15 is 0 Å². The number of fused-ring (bicyclic) bond motifs is 1. The topological polar surface area (TPSA) is 74.1 Å². The summed E-state index contributed by atoms with van der Waals surface area (Å²) in [5.74, 6) is 2.30. The molecule has 1 aromatic heterocycles. The van der Waals surface area contributed by atoms with E-state index in [1.807, 2.05) is 25.2 Å². The van der Waals surface area contributed by atoms with E-state index in [-0.39, 0.29) is 6.04 Å². The van der Waals surface area contributed by atoms with Crippen LogP contribution < -0.4 is 14.8 Å². The van der Waals surface area contributed by atoms with Gasteiger partial charge in [0.15, 0.2) is 17.3 Å². The van der Waals surface area contributed by atoms with E-state index in [1.165, 1.54) is 4.80 Å². The zero-order chi connectivity index (χ0) is 13.9. The van der Waals surface area contributed by atoms with Crippen molar-refractivity contribution in [2.45, 2.75) is 12.5 Å². The smallest absolute Gasteiger partial charge is 0.176 e. The number of nitrogens with zero attached hydrogens (tertiary/aromatic N) is 4. The number of hydrogen-bond acceptors (Lipinski definition) is 6. The van der Waals surface area contributed by atoms with E-state index in [0.717, 1.165) is 17.1 Å². The number of nitrogens with one attached hydrogen (secondary N) is 1. The van der Waals surface area contributed by atoms with Crippen LogP contribution in [0, 0.1) is 0 Å². The van der Waals surface area contributed by atoms with Crippen LogP contribution in [0.2, 0.25) is 0 Å². The van der Waals surface area contributed by atoms with Gasteiger partial charge >= 0.3 is 0 Å². The summed E-state index contributed by atoms with van der Waals surface area (Å²) in [6, 6.07) is 5.98. The minimum Gasteiger partial charge on any atom is -0.486 e. The molecule has 2 heterocycles. The van der Waals surface area contributed by atoms with Crippen LogP contribution in [-0.2, 0) is 13.5 Å². The molecule has 0 saturated carbocycles. The predicted molar refractivity (Wildman–Crippen MR) is 71.7 cm³/mol. The molecule has 106 valence electrons. The van der Waals surface area contributed by atoms with Gasteiger partial charge in [0.1, 0.15) is 13.2 Å². The van der Waals surface area contributed by atoms with Gasteiger partial charge in [-0.15, -0.1) is 10.2 Å². The van der Waals surface area contributed by atoms with Crippen molar-refractivity contribution in [2.75, 3.05) is 20.3 Å². The van der Waals surface area contributed by atoms with Crippen LogP contribution in [0.15, 0.2) is 18.2 Å². The summed E-state index contributed by atoms with van der Waals surface area (Å²) in [5.41, 5.74) is 1.05. The number of likely N-dealkylation sites (N-methyl/N-ethyl adjacent to an activating group) is 1. The molecule has 2 aromatic rings. The summed E-state index contributed by atoms with van der Waals surface area (Å²) in [6.07, 6.45) is 0.643. The highest BCUT2D eigenvalue weighted by atomic mass is 16.6. The maximum atomic E-state index is 5.75. The van der Waals surface area contributed by atoms with E-state index in [1.54, 1.807) is 7.05 Å². The number of aryl methyl sites for hydroxylation is 1. The highest BCUT2D eigenvalue weighted by Crippen LogP contribution is 2.37. The predicted octanol–water partition coefficient (Wildman–Crippen LogP) is 0.484. The number of para-hydroxylation sites is 1. The molecule has 0 bridgehead atoms. The Labute approximate surface area is 116 Å².